The maximum absolute atomic E-state index is 4.45. The number of hydrogen-bond acceptors (Lipinski definition) is 1. The summed E-state index contributed by atoms with van der Waals surface area (Å²) < 4.78 is 2.56. The lowest BCUT2D eigenvalue weighted by Gasteiger charge is -2.60. The second kappa shape index (κ2) is 14.7. The molecule has 60 heavy (non-hydrogen) atoms. The van der Waals surface area contributed by atoms with E-state index in [0.29, 0.717) is 0 Å². The van der Waals surface area contributed by atoms with Crippen molar-refractivity contribution in [2.45, 2.75) is 77.2 Å². The lowest BCUT2D eigenvalue weighted by molar-refractivity contribution is 0.261. The highest BCUT2D eigenvalue weighted by Crippen LogP contribution is 2.62. The standard InChI is InChI=1S/C58H52N2/c1-4-50-39(2)55(40(3)56-57(50)60(49-24-13-7-14-25-49)58(56)34-15-8-16-35-58)47-29-33-53-52(37-47)51-32-28-46(42-20-11-6-12-21-42)38-54(51)59(53)48-30-26-43(27-31-48)45-23-17-22-44(36-45)41-18-9-5-10-19-41/h4-7,9-13,17-24,26,28-30,32-33,36-38H,1,8,14-16,25,27,31,34-35H2,2-3H3. The molecule has 7 aromatic rings. The van der Waals surface area contributed by atoms with Gasteiger partial charge in [0.2, 0.25) is 0 Å². The van der Waals surface area contributed by atoms with Gasteiger partial charge in [-0.05, 0) is 144 Å². The zero-order valence-electron chi connectivity index (χ0n) is 35.0. The van der Waals surface area contributed by atoms with Crippen LogP contribution in [0.1, 0.15) is 85.6 Å². The lowest BCUT2D eigenvalue weighted by atomic mass is 9.64. The summed E-state index contributed by atoms with van der Waals surface area (Å²) in [6.45, 7) is 9.21. The van der Waals surface area contributed by atoms with Crippen molar-refractivity contribution in [1.82, 2.24) is 4.57 Å². The largest absolute Gasteiger partial charge is 0.334 e. The molecule has 0 amide bonds. The smallest absolute Gasteiger partial charge is 0.0722 e. The molecule has 4 aliphatic rings. The first-order chi connectivity index (χ1) is 29.5. The Morgan fingerprint density at radius 2 is 1.28 bits per heavy atom. The van der Waals surface area contributed by atoms with Crippen LogP contribution in [0, 0.1) is 13.8 Å². The zero-order valence-corrected chi connectivity index (χ0v) is 35.0. The first-order valence-electron chi connectivity index (χ1n) is 22.2. The highest BCUT2D eigenvalue weighted by atomic mass is 15.3. The highest BCUT2D eigenvalue weighted by Gasteiger charge is 2.53. The van der Waals surface area contributed by atoms with Gasteiger partial charge in [0, 0.05) is 33.3 Å². The lowest BCUT2D eigenvalue weighted by Crippen LogP contribution is -2.56. The van der Waals surface area contributed by atoms with E-state index in [1.807, 2.05) is 0 Å². The van der Waals surface area contributed by atoms with Gasteiger partial charge in [0.15, 0.2) is 0 Å². The van der Waals surface area contributed by atoms with E-state index in [1.54, 1.807) is 5.56 Å². The Balaban J connectivity index is 1.07. The molecule has 0 unspecified atom stereocenters. The maximum Gasteiger partial charge on any atom is 0.0722 e. The van der Waals surface area contributed by atoms with Crippen LogP contribution in [0.15, 0.2) is 164 Å². The number of aromatic nitrogens is 1. The molecule has 2 heterocycles. The maximum atomic E-state index is 4.45. The molecule has 1 saturated carbocycles. The van der Waals surface area contributed by atoms with Crippen molar-refractivity contribution in [3.63, 3.8) is 0 Å². The molecule has 1 aliphatic heterocycles. The molecule has 6 aromatic carbocycles. The third-order valence-electron chi connectivity index (χ3n) is 14.2. The van der Waals surface area contributed by atoms with Gasteiger partial charge in [0.25, 0.3) is 0 Å². The van der Waals surface area contributed by atoms with Gasteiger partial charge in [-0.1, -0.05) is 147 Å². The molecule has 0 radical (unpaired) electrons. The SMILES string of the molecule is C=Cc1c(C)c(-c2ccc3c(c2)c2ccc(-c4ccccc4)cc2n3C2=CC=C(c3cccc(-c4ccccc4)c3)CC2)c(C)c2c1N(C1=CC=CCC1)C21CCCCC1. The highest BCUT2D eigenvalue weighted by molar-refractivity contribution is 6.12. The monoisotopic (exact) mass is 776 g/mol. The van der Waals surface area contributed by atoms with Crippen LogP contribution in [0.25, 0.3) is 72.5 Å². The quantitative estimate of drug-likeness (QED) is 0.157. The number of benzene rings is 6. The van der Waals surface area contributed by atoms with Crippen molar-refractivity contribution in [1.29, 1.82) is 0 Å². The van der Waals surface area contributed by atoms with Crippen LogP contribution in [-0.4, -0.2) is 4.57 Å². The third kappa shape index (κ3) is 5.75. The van der Waals surface area contributed by atoms with E-state index in [1.165, 1.54) is 132 Å². The molecule has 1 fully saturated rings. The van der Waals surface area contributed by atoms with Crippen molar-refractivity contribution >= 4 is 44.8 Å². The number of hydrogen-bond donors (Lipinski definition) is 0. The molecule has 294 valence electrons. The summed E-state index contributed by atoms with van der Waals surface area (Å²) >= 11 is 0. The number of allylic oxidation sites excluding steroid dienone is 8. The third-order valence-corrected chi connectivity index (χ3v) is 14.2. The van der Waals surface area contributed by atoms with E-state index in [2.05, 4.69) is 188 Å². The van der Waals surface area contributed by atoms with Crippen LogP contribution >= 0.6 is 0 Å². The minimum atomic E-state index is 0.0749. The molecule has 3 aliphatic carbocycles. The first kappa shape index (κ1) is 36.7. The fraction of sp³-hybridized carbons (Fsp3) is 0.207. The molecule has 0 saturated heterocycles. The van der Waals surface area contributed by atoms with E-state index in [0.717, 1.165) is 25.7 Å². The molecule has 0 atom stereocenters. The zero-order chi connectivity index (χ0) is 40.4. The average Bonchev–Trinajstić information content (AvgIpc) is 3.63. The summed E-state index contributed by atoms with van der Waals surface area (Å²) in [7, 11) is 0. The van der Waals surface area contributed by atoms with Gasteiger partial charge in [0.05, 0.1) is 22.3 Å². The van der Waals surface area contributed by atoms with Crippen LogP contribution in [0.5, 0.6) is 0 Å². The van der Waals surface area contributed by atoms with Crippen LogP contribution in [-0.2, 0) is 5.54 Å². The topological polar surface area (TPSA) is 8.17 Å². The first-order valence-corrected chi connectivity index (χ1v) is 22.2. The summed E-state index contributed by atoms with van der Waals surface area (Å²) in [6, 6.07) is 45.0. The van der Waals surface area contributed by atoms with Gasteiger partial charge < -0.3 is 9.47 Å². The Morgan fingerprint density at radius 3 is 1.98 bits per heavy atom. The molecular weight excluding hydrogens is 725 g/mol. The predicted octanol–water partition coefficient (Wildman–Crippen LogP) is 16.0. The second-order valence-corrected chi connectivity index (χ2v) is 17.5. The minimum Gasteiger partial charge on any atom is -0.334 e. The summed E-state index contributed by atoms with van der Waals surface area (Å²) in [5.74, 6) is 0. The van der Waals surface area contributed by atoms with Crippen LogP contribution < -0.4 is 4.90 Å². The molecule has 2 heteroatoms. The van der Waals surface area contributed by atoms with Gasteiger partial charge in [-0.2, -0.15) is 0 Å². The number of fused-ring (bicyclic) bond motifs is 5. The van der Waals surface area contributed by atoms with Crippen molar-refractivity contribution < 1.29 is 0 Å². The van der Waals surface area contributed by atoms with Gasteiger partial charge in [-0.15, -0.1) is 0 Å². The van der Waals surface area contributed by atoms with Crippen LogP contribution in [0.3, 0.4) is 0 Å². The summed E-state index contributed by atoms with van der Waals surface area (Å²) in [4.78, 5) is 2.77. The number of anilines is 1. The van der Waals surface area contributed by atoms with Crippen molar-refractivity contribution in [3.8, 4) is 33.4 Å². The minimum absolute atomic E-state index is 0.0749. The molecule has 1 aromatic heterocycles. The van der Waals surface area contributed by atoms with E-state index in [4.69, 9.17) is 0 Å². The molecule has 2 nitrogen and oxygen atoms in total. The molecule has 0 bridgehead atoms. The van der Waals surface area contributed by atoms with E-state index < -0.39 is 0 Å². The molecule has 1 spiro atoms. The average molecular weight is 777 g/mol. The van der Waals surface area contributed by atoms with Crippen LogP contribution in [0.4, 0.5) is 5.69 Å². The van der Waals surface area contributed by atoms with E-state index >= 15 is 0 Å². The van der Waals surface area contributed by atoms with Crippen LogP contribution in [0.2, 0.25) is 0 Å². The molecule has 0 N–H and O–H groups in total. The number of nitrogens with zero attached hydrogens (tertiary/aromatic N) is 2. The molecule has 11 rings (SSSR count). The Morgan fingerprint density at radius 1 is 0.567 bits per heavy atom. The summed E-state index contributed by atoms with van der Waals surface area (Å²) in [5, 5.41) is 2.61. The van der Waals surface area contributed by atoms with Gasteiger partial charge >= 0.3 is 0 Å². The van der Waals surface area contributed by atoms with Gasteiger partial charge in [-0.25, -0.2) is 0 Å². The Labute approximate surface area is 355 Å². The second-order valence-electron chi connectivity index (χ2n) is 17.5. The fourth-order valence-electron chi connectivity index (χ4n) is 11.5. The van der Waals surface area contributed by atoms with Gasteiger partial charge in [0.1, 0.15) is 0 Å². The van der Waals surface area contributed by atoms with Gasteiger partial charge in [-0.3, -0.25) is 0 Å². The summed E-state index contributed by atoms with van der Waals surface area (Å²) in [6.07, 6.45) is 24.4. The fourth-order valence-corrected chi connectivity index (χ4v) is 11.5. The Hall–Kier alpha value is -6.38. The van der Waals surface area contributed by atoms with Crippen molar-refractivity contribution in [2.75, 3.05) is 4.90 Å². The van der Waals surface area contributed by atoms with Crippen molar-refractivity contribution in [3.05, 3.63) is 192 Å². The molecular formula is C58H52N2. The number of rotatable bonds is 7. The van der Waals surface area contributed by atoms with E-state index in [-0.39, 0.29) is 5.54 Å². The predicted molar refractivity (Wildman–Crippen MR) is 257 cm³/mol. The Kier molecular flexibility index (Phi) is 8.99. The van der Waals surface area contributed by atoms with E-state index in [9.17, 15) is 0 Å². The summed E-state index contributed by atoms with van der Waals surface area (Å²) in [5.41, 5.74) is 22.9. The Bertz CT molecular complexity index is 2980. The van der Waals surface area contributed by atoms with Crippen molar-refractivity contribution in [2.24, 2.45) is 0 Å². The normalized spacial score (nSPS) is 17.0.